The van der Waals surface area contributed by atoms with Crippen LogP contribution in [0.5, 0.6) is 0 Å². The number of aryl methyl sites for hydroxylation is 2. The Labute approximate surface area is 195 Å². The molecule has 0 saturated carbocycles. The average Bonchev–Trinajstić information content (AvgIpc) is 3.49. The van der Waals surface area contributed by atoms with Crippen LogP contribution in [0.1, 0.15) is 16.0 Å². The minimum absolute atomic E-state index is 0.248. The summed E-state index contributed by atoms with van der Waals surface area (Å²) in [4.78, 5) is 22.5. The Morgan fingerprint density at radius 3 is 2.61 bits per heavy atom. The van der Waals surface area contributed by atoms with Crippen molar-refractivity contribution in [2.45, 2.75) is 20.4 Å². The Morgan fingerprint density at radius 2 is 1.88 bits per heavy atom. The third-order valence-electron chi connectivity index (χ3n) is 5.71. The van der Waals surface area contributed by atoms with E-state index in [9.17, 15) is 4.79 Å². The van der Waals surface area contributed by atoms with Gasteiger partial charge in [0.15, 0.2) is 11.5 Å². The molecule has 7 nitrogen and oxygen atoms in total. The number of anilines is 2. The third-order valence-corrected chi connectivity index (χ3v) is 6.59. The lowest BCUT2D eigenvalue weighted by Crippen LogP contribution is -2.24. The van der Waals surface area contributed by atoms with Gasteiger partial charge in [-0.05, 0) is 60.7 Å². The summed E-state index contributed by atoms with van der Waals surface area (Å²) < 4.78 is 2.16. The van der Waals surface area contributed by atoms with E-state index < -0.39 is 0 Å². The molecule has 0 unspecified atom stereocenters. The van der Waals surface area contributed by atoms with Crippen molar-refractivity contribution in [3.63, 3.8) is 0 Å². The van der Waals surface area contributed by atoms with Gasteiger partial charge < -0.3 is 16.0 Å². The van der Waals surface area contributed by atoms with Crippen LogP contribution in [0.4, 0.5) is 16.3 Å². The van der Waals surface area contributed by atoms with Gasteiger partial charge in [-0.25, -0.2) is 14.8 Å². The van der Waals surface area contributed by atoms with E-state index >= 15 is 0 Å². The van der Waals surface area contributed by atoms with Crippen LogP contribution in [0.25, 0.3) is 27.9 Å². The van der Waals surface area contributed by atoms with E-state index in [0.717, 1.165) is 39.4 Å². The van der Waals surface area contributed by atoms with Crippen LogP contribution >= 0.6 is 11.3 Å². The number of thiophene rings is 1. The summed E-state index contributed by atoms with van der Waals surface area (Å²) in [6, 6.07) is 15.9. The van der Waals surface area contributed by atoms with E-state index in [2.05, 4.69) is 57.8 Å². The number of hydrogen-bond acceptors (Lipinski definition) is 5. The number of nitrogens with one attached hydrogen (secondary N) is 3. The highest BCUT2D eigenvalue weighted by Gasteiger charge is 2.16. The quantitative estimate of drug-likeness (QED) is 0.322. The predicted molar refractivity (Wildman–Crippen MR) is 135 cm³/mol. The van der Waals surface area contributed by atoms with E-state index in [1.807, 2.05) is 36.5 Å². The molecule has 0 fully saturated rings. The molecule has 3 N–H and O–H groups in total. The predicted octanol–water partition coefficient (Wildman–Crippen LogP) is 5.59. The van der Waals surface area contributed by atoms with E-state index in [1.165, 1.54) is 16.0 Å². The first-order chi connectivity index (χ1) is 16.0. The second-order valence-electron chi connectivity index (χ2n) is 7.90. The lowest BCUT2D eigenvalue weighted by Gasteiger charge is -2.13. The molecule has 8 heteroatoms. The maximum atomic E-state index is 11.6. The first-order valence-corrected chi connectivity index (χ1v) is 11.6. The Bertz CT molecular complexity index is 1450. The summed E-state index contributed by atoms with van der Waals surface area (Å²) in [6.07, 6.45) is 1.88. The Balaban J connectivity index is 1.63. The van der Waals surface area contributed by atoms with Gasteiger partial charge in [-0.3, -0.25) is 4.40 Å². The van der Waals surface area contributed by atoms with E-state index in [0.29, 0.717) is 6.54 Å². The van der Waals surface area contributed by atoms with E-state index in [1.54, 1.807) is 18.4 Å². The van der Waals surface area contributed by atoms with Crippen molar-refractivity contribution in [3.8, 4) is 11.3 Å². The zero-order valence-electron chi connectivity index (χ0n) is 18.6. The number of fused-ring (bicyclic) bond motifs is 3. The average molecular weight is 457 g/mol. The fraction of sp³-hybridized carbons (Fsp3) is 0.160. The van der Waals surface area contributed by atoms with Crippen LogP contribution < -0.4 is 16.0 Å². The molecule has 5 aromatic rings. The number of carbonyl (C=O) groups is 1. The molecule has 2 amide bonds. The summed E-state index contributed by atoms with van der Waals surface area (Å²) in [7, 11) is 1.59. The number of nitrogens with zero attached hydrogens (tertiary/aromatic N) is 3. The molecule has 0 aliphatic heterocycles. The third kappa shape index (κ3) is 4.01. The summed E-state index contributed by atoms with van der Waals surface area (Å²) in [6.45, 7) is 4.91. The molecule has 5 rings (SSSR count). The van der Waals surface area contributed by atoms with Gasteiger partial charge in [-0.15, -0.1) is 11.3 Å². The van der Waals surface area contributed by atoms with Gasteiger partial charge in [-0.1, -0.05) is 18.2 Å². The smallest absolute Gasteiger partial charge is 0.318 e. The number of amides is 2. The van der Waals surface area contributed by atoms with Gasteiger partial charge in [-0.2, -0.15) is 0 Å². The summed E-state index contributed by atoms with van der Waals surface area (Å²) in [5, 5.41) is 10.9. The van der Waals surface area contributed by atoms with Crippen molar-refractivity contribution < 1.29 is 4.79 Å². The zero-order valence-corrected chi connectivity index (χ0v) is 19.5. The van der Waals surface area contributed by atoms with Crippen molar-refractivity contribution in [1.82, 2.24) is 19.7 Å². The van der Waals surface area contributed by atoms with Gasteiger partial charge in [0.25, 0.3) is 0 Å². The topological polar surface area (TPSA) is 83.3 Å². The van der Waals surface area contributed by atoms with Crippen molar-refractivity contribution in [3.05, 3.63) is 76.1 Å². The zero-order chi connectivity index (χ0) is 22.9. The molecule has 33 heavy (non-hydrogen) atoms. The molecule has 0 atom stereocenters. The molecule has 0 aliphatic rings. The first-order valence-electron chi connectivity index (χ1n) is 10.7. The molecule has 0 spiro atoms. The number of rotatable bonds is 5. The molecule has 3 aromatic heterocycles. The fourth-order valence-electron chi connectivity index (χ4n) is 3.81. The van der Waals surface area contributed by atoms with Crippen molar-refractivity contribution in [1.29, 1.82) is 0 Å². The molecule has 0 radical (unpaired) electrons. The summed E-state index contributed by atoms with van der Waals surface area (Å²) >= 11 is 1.71. The Kier molecular flexibility index (Phi) is 5.43. The van der Waals surface area contributed by atoms with E-state index in [-0.39, 0.29) is 6.03 Å². The number of imidazole rings is 1. The molecule has 166 valence electrons. The van der Waals surface area contributed by atoms with Gasteiger partial charge in [0.05, 0.1) is 29.5 Å². The van der Waals surface area contributed by atoms with Crippen LogP contribution in [0, 0.1) is 13.8 Å². The maximum absolute atomic E-state index is 11.6. The lowest BCUT2D eigenvalue weighted by molar-refractivity contribution is 0.254. The molecular weight excluding hydrogens is 432 g/mol. The van der Waals surface area contributed by atoms with Crippen LogP contribution in [0.15, 0.2) is 60.1 Å². The highest BCUT2D eigenvalue weighted by molar-refractivity contribution is 7.09. The Hall–Kier alpha value is -3.91. The monoisotopic (exact) mass is 456 g/mol. The fourth-order valence-corrected chi connectivity index (χ4v) is 4.46. The maximum Gasteiger partial charge on any atom is 0.318 e. The number of hydrogen-bond donors (Lipinski definition) is 3. The minimum atomic E-state index is -0.248. The molecule has 2 aromatic carbocycles. The van der Waals surface area contributed by atoms with Crippen LogP contribution in [-0.4, -0.2) is 27.4 Å². The molecule has 0 saturated heterocycles. The lowest BCUT2D eigenvalue weighted by atomic mass is 10.1. The molecule has 0 aliphatic carbocycles. The van der Waals surface area contributed by atoms with Gasteiger partial charge >= 0.3 is 6.03 Å². The van der Waals surface area contributed by atoms with Crippen molar-refractivity contribution in [2.75, 3.05) is 17.7 Å². The van der Waals surface area contributed by atoms with Gasteiger partial charge in [0, 0.05) is 23.2 Å². The number of urea groups is 1. The van der Waals surface area contributed by atoms with Crippen LogP contribution in [0.2, 0.25) is 0 Å². The Morgan fingerprint density at radius 1 is 1.09 bits per heavy atom. The number of aromatic nitrogens is 3. The second kappa shape index (κ2) is 8.55. The number of benzene rings is 2. The molecule has 0 bridgehead atoms. The van der Waals surface area contributed by atoms with Crippen LogP contribution in [0.3, 0.4) is 0 Å². The number of carbonyl (C=O) groups excluding carboxylic acids is 1. The highest BCUT2D eigenvalue weighted by atomic mass is 32.1. The first kappa shape index (κ1) is 21.0. The van der Waals surface area contributed by atoms with Crippen molar-refractivity contribution >= 4 is 45.6 Å². The van der Waals surface area contributed by atoms with Crippen LogP contribution in [-0.2, 0) is 6.54 Å². The molecule has 3 heterocycles. The van der Waals surface area contributed by atoms with Gasteiger partial charge in [0.1, 0.15) is 0 Å². The largest absolute Gasteiger partial charge is 0.362 e. The summed E-state index contributed by atoms with van der Waals surface area (Å²) in [5.74, 6) is 0.753. The highest BCUT2D eigenvalue weighted by Crippen LogP contribution is 2.30. The SMILES string of the molecule is CNC(=O)Nc1ccc(-c2cnc3c(NCc4cccs4)nc4cc(C)c(C)cc4n23)cc1. The summed E-state index contributed by atoms with van der Waals surface area (Å²) in [5.41, 5.74) is 7.80. The molecular formula is C25H24N6OS. The normalized spacial score (nSPS) is 11.1. The van der Waals surface area contributed by atoms with Gasteiger partial charge in [0.2, 0.25) is 0 Å². The second-order valence-corrected chi connectivity index (χ2v) is 8.93. The standard InChI is InChI=1S/C25H24N6OS/c1-15-11-20-21(12-16(15)2)31-22(17-6-8-18(9-7-17)29-25(32)26-3)14-28-24(31)23(30-20)27-13-19-5-4-10-33-19/h4-12,14H,13H2,1-3H3,(H,27,30)(H2,26,29,32). The minimum Gasteiger partial charge on any atom is -0.362 e. The van der Waals surface area contributed by atoms with Crippen molar-refractivity contribution in [2.24, 2.45) is 0 Å². The van der Waals surface area contributed by atoms with E-state index in [4.69, 9.17) is 9.97 Å².